The number of hydrogen-bond acceptors (Lipinski definition) is 6. The van der Waals surface area contributed by atoms with Gasteiger partial charge in [-0.3, -0.25) is 19.2 Å². The molecule has 2 aliphatic rings. The standard InChI is InChI=1S/C27H26N2O6/c1-16(30)20-22(18-10-5-3-6-11-18)28(26(34)24(20)32)14-9-15-29-23(19-12-7-4-8-13-19)21(17(2)31)25(33)27(29)35/h3-8,10-13,22-23,32-33H,9,14-15H2,1-2H3/t22-,23-/m1/s1. The molecule has 2 heterocycles. The van der Waals surface area contributed by atoms with Crippen molar-refractivity contribution in [2.75, 3.05) is 13.1 Å². The summed E-state index contributed by atoms with van der Waals surface area (Å²) in [5.41, 5.74) is 1.46. The van der Waals surface area contributed by atoms with Gasteiger partial charge >= 0.3 is 0 Å². The number of carbonyl (C=O) groups excluding carboxylic acids is 4. The molecule has 2 amide bonds. The molecular weight excluding hydrogens is 448 g/mol. The van der Waals surface area contributed by atoms with Crippen LogP contribution in [0.1, 0.15) is 43.5 Å². The molecule has 0 aromatic heterocycles. The van der Waals surface area contributed by atoms with Crippen molar-refractivity contribution in [1.29, 1.82) is 0 Å². The molecule has 35 heavy (non-hydrogen) atoms. The number of benzene rings is 2. The van der Waals surface area contributed by atoms with Crippen LogP contribution in [0.15, 0.2) is 83.3 Å². The van der Waals surface area contributed by atoms with E-state index in [2.05, 4.69) is 0 Å². The van der Waals surface area contributed by atoms with Gasteiger partial charge in [0.25, 0.3) is 11.8 Å². The highest BCUT2D eigenvalue weighted by molar-refractivity contribution is 6.09. The van der Waals surface area contributed by atoms with Crippen LogP contribution in [-0.4, -0.2) is 56.5 Å². The lowest BCUT2D eigenvalue weighted by atomic mass is 9.96. The maximum atomic E-state index is 12.9. The highest BCUT2D eigenvalue weighted by Crippen LogP contribution is 2.39. The number of carbonyl (C=O) groups is 4. The minimum atomic E-state index is -0.736. The van der Waals surface area contributed by atoms with Crippen molar-refractivity contribution in [3.8, 4) is 0 Å². The van der Waals surface area contributed by atoms with Gasteiger partial charge in [-0.05, 0) is 31.4 Å². The van der Waals surface area contributed by atoms with Gasteiger partial charge in [0.15, 0.2) is 23.1 Å². The third-order valence-corrected chi connectivity index (χ3v) is 6.39. The number of amides is 2. The zero-order valence-electron chi connectivity index (χ0n) is 19.5. The van der Waals surface area contributed by atoms with Crippen molar-refractivity contribution in [2.45, 2.75) is 32.4 Å². The Morgan fingerprint density at radius 1 is 0.686 bits per heavy atom. The molecule has 0 radical (unpaired) electrons. The second-order valence-electron chi connectivity index (χ2n) is 8.61. The Labute approximate surface area is 202 Å². The fourth-order valence-corrected chi connectivity index (χ4v) is 4.86. The van der Waals surface area contributed by atoms with E-state index in [4.69, 9.17) is 0 Å². The van der Waals surface area contributed by atoms with E-state index in [1.807, 2.05) is 12.1 Å². The van der Waals surface area contributed by atoms with Crippen LogP contribution in [0.2, 0.25) is 0 Å². The summed E-state index contributed by atoms with van der Waals surface area (Å²) >= 11 is 0. The minimum absolute atomic E-state index is 0.0405. The van der Waals surface area contributed by atoms with Gasteiger partial charge in [-0.2, -0.15) is 0 Å². The Morgan fingerprint density at radius 3 is 1.34 bits per heavy atom. The third-order valence-electron chi connectivity index (χ3n) is 6.39. The van der Waals surface area contributed by atoms with Crippen molar-refractivity contribution in [3.63, 3.8) is 0 Å². The number of aliphatic hydroxyl groups is 2. The Balaban J connectivity index is 1.57. The lowest BCUT2D eigenvalue weighted by Gasteiger charge is -2.30. The molecule has 0 fully saturated rings. The Kier molecular flexibility index (Phi) is 6.55. The largest absolute Gasteiger partial charge is 0.503 e. The van der Waals surface area contributed by atoms with Gasteiger partial charge in [0.05, 0.1) is 23.2 Å². The van der Waals surface area contributed by atoms with Crippen molar-refractivity contribution in [2.24, 2.45) is 0 Å². The SMILES string of the molecule is CC(=O)C1=C(O)C(=O)N(CCCN2C(=O)C(O)=C(C(C)=O)[C@H]2c2ccccc2)[C@@H]1c1ccccc1. The van der Waals surface area contributed by atoms with E-state index in [9.17, 15) is 29.4 Å². The molecule has 2 aromatic rings. The molecule has 0 unspecified atom stereocenters. The average Bonchev–Trinajstić information content (AvgIpc) is 3.25. The Hall–Kier alpha value is -4.20. The van der Waals surface area contributed by atoms with Crippen molar-refractivity contribution >= 4 is 23.4 Å². The molecule has 2 atom stereocenters. The zero-order chi connectivity index (χ0) is 25.3. The molecule has 8 nitrogen and oxygen atoms in total. The molecule has 0 bridgehead atoms. The molecule has 2 aromatic carbocycles. The highest BCUT2D eigenvalue weighted by Gasteiger charge is 2.44. The molecule has 0 aliphatic carbocycles. The van der Waals surface area contributed by atoms with E-state index < -0.39 is 47.0 Å². The van der Waals surface area contributed by atoms with E-state index >= 15 is 0 Å². The first-order valence-electron chi connectivity index (χ1n) is 11.3. The van der Waals surface area contributed by atoms with Crippen LogP contribution in [-0.2, 0) is 19.2 Å². The number of rotatable bonds is 8. The van der Waals surface area contributed by atoms with Gasteiger partial charge in [-0.1, -0.05) is 60.7 Å². The Morgan fingerprint density at radius 2 is 1.03 bits per heavy atom. The maximum absolute atomic E-state index is 12.9. The van der Waals surface area contributed by atoms with Crippen LogP contribution in [0.4, 0.5) is 0 Å². The van der Waals surface area contributed by atoms with Gasteiger partial charge in [0.1, 0.15) is 0 Å². The van der Waals surface area contributed by atoms with Gasteiger partial charge in [0.2, 0.25) is 0 Å². The van der Waals surface area contributed by atoms with E-state index in [0.717, 1.165) is 0 Å². The average molecular weight is 475 g/mol. The smallest absolute Gasteiger partial charge is 0.290 e. The van der Waals surface area contributed by atoms with E-state index in [0.29, 0.717) is 17.5 Å². The molecule has 8 heteroatoms. The van der Waals surface area contributed by atoms with Crippen LogP contribution in [0.25, 0.3) is 0 Å². The van der Waals surface area contributed by atoms with Crippen LogP contribution in [0, 0.1) is 0 Å². The number of Topliss-reactive ketones (excluding diaryl/α,β-unsaturated/α-hetero) is 2. The maximum Gasteiger partial charge on any atom is 0.290 e. The molecule has 0 saturated heterocycles. The second-order valence-corrected chi connectivity index (χ2v) is 8.61. The highest BCUT2D eigenvalue weighted by atomic mass is 16.3. The number of ketones is 2. The van der Waals surface area contributed by atoms with Crippen LogP contribution in [0.3, 0.4) is 0 Å². The predicted molar refractivity (Wildman–Crippen MR) is 127 cm³/mol. The molecule has 2 N–H and O–H groups in total. The van der Waals surface area contributed by atoms with Gasteiger partial charge in [-0.15, -0.1) is 0 Å². The van der Waals surface area contributed by atoms with Crippen LogP contribution < -0.4 is 0 Å². The summed E-state index contributed by atoms with van der Waals surface area (Å²) < 4.78 is 0. The third kappa shape index (κ3) is 4.23. The predicted octanol–water partition coefficient (Wildman–Crippen LogP) is 3.35. The fourth-order valence-electron chi connectivity index (χ4n) is 4.86. The van der Waals surface area contributed by atoms with Crippen molar-refractivity contribution < 1.29 is 29.4 Å². The van der Waals surface area contributed by atoms with E-state index in [-0.39, 0.29) is 24.2 Å². The first-order valence-corrected chi connectivity index (χ1v) is 11.3. The summed E-state index contributed by atoms with van der Waals surface area (Å²) in [7, 11) is 0. The second kappa shape index (κ2) is 9.58. The van der Waals surface area contributed by atoms with E-state index in [1.165, 1.54) is 23.6 Å². The molecule has 0 spiro atoms. The Bertz CT molecular complexity index is 1150. The molecule has 2 aliphatic heterocycles. The minimum Gasteiger partial charge on any atom is -0.503 e. The summed E-state index contributed by atoms with van der Waals surface area (Å²) in [6.45, 7) is 2.90. The number of hydrogen-bond donors (Lipinski definition) is 2. The molecule has 4 rings (SSSR count). The summed E-state index contributed by atoms with van der Waals surface area (Å²) in [5.74, 6) is -3.23. The van der Waals surface area contributed by atoms with Gasteiger partial charge in [-0.25, -0.2) is 0 Å². The first-order chi connectivity index (χ1) is 16.7. The van der Waals surface area contributed by atoms with Gasteiger partial charge < -0.3 is 20.0 Å². The number of nitrogens with zero attached hydrogens (tertiary/aromatic N) is 2. The summed E-state index contributed by atoms with van der Waals surface area (Å²) in [6, 6.07) is 16.4. The molecule has 180 valence electrons. The van der Waals surface area contributed by atoms with Crippen LogP contribution >= 0.6 is 0 Å². The monoisotopic (exact) mass is 474 g/mol. The number of aliphatic hydroxyl groups excluding tert-OH is 2. The first kappa shape index (κ1) is 23.9. The summed E-state index contributed by atoms with van der Waals surface area (Å²) in [5, 5.41) is 20.9. The van der Waals surface area contributed by atoms with Gasteiger partial charge in [0, 0.05) is 13.1 Å². The van der Waals surface area contributed by atoms with E-state index in [1.54, 1.807) is 48.5 Å². The quantitative estimate of drug-likeness (QED) is 0.606. The lowest BCUT2D eigenvalue weighted by Crippen LogP contribution is -2.36. The molecular formula is C27H26N2O6. The fraction of sp³-hybridized carbons (Fsp3) is 0.259. The normalized spacial score (nSPS) is 20.3. The molecule has 0 saturated carbocycles. The van der Waals surface area contributed by atoms with Crippen molar-refractivity contribution in [1.82, 2.24) is 9.80 Å². The lowest BCUT2D eigenvalue weighted by molar-refractivity contribution is -0.130. The topological polar surface area (TPSA) is 115 Å². The van der Waals surface area contributed by atoms with Crippen LogP contribution in [0.5, 0.6) is 0 Å². The summed E-state index contributed by atoms with van der Waals surface area (Å²) in [4.78, 5) is 53.1. The summed E-state index contributed by atoms with van der Waals surface area (Å²) in [6.07, 6.45) is 0.293. The van der Waals surface area contributed by atoms with Crippen molar-refractivity contribution in [3.05, 3.63) is 94.5 Å². The zero-order valence-corrected chi connectivity index (χ0v) is 19.5.